The van der Waals surface area contributed by atoms with Crippen molar-refractivity contribution in [3.8, 4) is 5.75 Å². The van der Waals surface area contributed by atoms with Crippen LogP contribution >= 0.6 is 11.3 Å². The maximum atomic E-state index is 13.2. The largest absolute Gasteiger partial charge is 0.495 e. The molecular weight excluding hydrogens is 514 g/mol. The second kappa shape index (κ2) is 11.6. The molecule has 1 fully saturated rings. The number of esters is 1. The summed E-state index contributed by atoms with van der Waals surface area (Å²) in [5.74, 6) is -0.458. The zero-order chi connectivity index (χ0) is 26.6. The van der Waals surface area contributed by atoms with Crippen LogP contribution in [0.15, 0.2) is 52.4 Å². The van der Waals surface area contributed by atoms with Gasteiger partial charge in [-0.2, -0.15) is 9.30 Å². The van der Waals surface area contributed by atoms with E-state index in [9.17, 15) is 18.0 Å². The number of ether oxygens (including phenoxy) is 2. The van der Waals surface area contributed by atoms with Crippen LogP contribution < -0.4 is 9.54 Å². The van der Waals surface area contributed by atoms with Gasteiger partial charge >= 0.3 is 5.97 Å². The minimum Gasteiger partial charge on any atom is -0.495 e. The summed E-state index contributed by atoms with van der Waals surface area (Å²) < 4.78 is 41.1. The van der Waals surface area contributed by atoms with Crippen LogP contribution in [0.3, 0.4) is 0 Å². The molecule has 1 aliphatic heterocycles. The Bertz CT molecular complexity index is 1460. The van der Waals surface area contributed by atoms with Crippen molar-refractivity contribution in [2.75, 3.05) is 20.3 Å². The average Bonchev–Trinajstić information content (AvgIpc) is 3.25. The molecule has 0 spiro atoms. The number of carbonyl (C=O) groups excluding carboxylic acids is 2. The molecule has 2 aromatic carbocycles. The number of hydrogen-bond acceptors (Lipinski definition) is 7. The van der Waals surface area contributed by atoms with E-state index in [1.807, 2.05) is 19.1 Å². The van der Waals surface area contributed by atoms with Gasteiger partial charge in [0.15, 0.2) is 4.80 Å². The van der Waals surface area contributed by atoms with Gasteiger partial charge in [-0.05, 0) is 62.6 Å². The van der Waals surface area contributed by atoms with Crippen molar-refractivity contribution in [2.24, 2.45) is 4.99 Å². The van der Waals surface area contributed by atoms with Crippen LogP contribution in [-0.2, 0) is 26.1 Å². The molecule has 1 unspecified atom stereocenters. The highest BCUT2D eigenvalue weighted by molar-refractivity contribution is 7.89. The van der Waals surface area contributed by atoms with Gasteiger partial charge in [-0.3, -0.25) is 9.59 Å². The highest BCUT2D eigenvalue weighted by atomic mass is 32.2. The van der Waals surface area contributed by atoms with Gasteiger partial charge in [0, 0.05) is 18.2 Å². The topological polar surface area (TPSA) is 107 Å². The van der Waals surface area contributed by atoms with Gasteiger partial charge in [-0.1, -0.05) is 30.7 Å². The highest BCUT2D eigenvalue weighted by Crippen LogP contribution is 2.28. The molecule has 0 saturated carbocycles. The molecule has 0 N–H and O–H groups in total. The predicted molar refractivity (Wildman–Crippen MR) is 141 cm³/mol. The van der Waals surface area contributed by atoms with E-state index in [4.69, 9.17) is 9.47 Å². The summed E-state index contributed by atoms with van der Waals surface area (Å²) in [6.07, 6.45) is 3.49. The third-order valence-electron chi connectivity index (χ3n) is 6.43. The Kier molecular flexibility index (Phi) is 8.46. The molecule has 1 aliphatic rings. The van der Waals surface area contributed by atoms with Gasteiger partial charge in [-0.15, -0.1) is 0 Å². The number of benzene rings is 2. The normalized spacial score (nSPS) is 17.2. The fraction of sp³-hybridized carbons (Fsp3) is 0.423. The number of piperidine rings is 1. The van der Waals surface area contributed by atoms with Crippen molar-refractivity contribution in [3.63, 3.8) is 0 Å². The summed E-state index contributed by atoms with van der Waals surface area (Å²) in [7, 11) is -2.12. The first-order valence-electron chi connectivity index (χ1n) is 12.3. The molecule has 37 heavy (non-hydrogen) atoms. The van der Waals surface area contributed by atoms with E-state index in [-0.39, 0.29) is 29.7 Å². The maximum Gasteiger partial charge on any atom is 0.326 e. The van der Waals surface area contributed by atoms with E-state index in [0.717, 1.165) is 30.4 Å². The number of carbonyl (C=O) groups is 2. The SMILES string of the molecule is CCOC(=O)Cn1c(=NC(=O)c2ccc(S(=O)(=O)N3CCCCC3CC)cc2)sc2cccc(OC)c21. The van der Waals surface area contributed by atoms with Crippen LogP contribution in [0.5, 0.6) is 5.75 Å². The maximum absolute atomic E-state index is 13.2. The zero-order valence-electron chi connectivity index (χ0n) is 21.2. The van der Waals surface area contributed by atoms with E-state index in [1.54, 1.807) is 21.9 Å². The molecule has 198 valence electrons. The molecule has 1 saturated heterocycles. The molecule has 2 heterocycles. The minimum absolute atomic E-state index is 0.00476. The molecule has 0 aliphatic carbocycles. The average molecular weight is 546 g/mol. The summed E-state index contributed by atoms with van der Waals surface area (Å²) in [4.78, 5) is 30.1. The lowest BCUT2D eigenvalue weighted by Gasteiger charge is -2.34. The van der Waals surface area contributed by atoms with Crippen molar-refractivity contribution < 1.29 is 27.5 Å². The van der Waals surface area contributed by atoms with Gasteiger partial charge in [0.1, 0.15) is 17.8 Å². The summed E-state index contributed by atoms with van der Waals surface area (Å²) in [6, 6.07) is 11.3. The molecule has 0 radical (unpaired) electrons. The first kappa shape index (κ1) is 27.0. The van der Waals surface area contributed by atoms with Crippen LogP contribution in [-0.4, -0.2) is 55.5 Å². The van der Waals surface area contributed by atoms with Crippen molar-refractivity contribution in [1.29, 1.82) is 0 Å². The molecule has 1 aromatic heterocycles. The Hall–Kier alpha value is -3.02. The fourth-order valence-electron chi connectivity index (χ4n) is 4.58. The molecule has 11 heteroatoms. The van der Waals surface area contributed by atoms with Crippen molar-refractivity contribution in [3.05, 3.63) is 52.8 Å². The minimum atomic E-state index is -3.65. The van der Waals surface area contributed by atoms with Gasteiger partial charge in [0.25, 0.3) is 5.91 Å². The quantitative estimate of drug-likeness (QED) is 0.397. The monoisotopic (exact) mass is 545 g/mol. The fourth-order valence-corrected chi connectivity index (χ4v) is 7.40. The van der Waals surface area contributed by atoms with Crippen LogP contribution in [0.4, 0.5) is 0 Å². The van der Waals surface area contributed by atoms with Crippen LogP contribution in [0.2, 0.25) is 0 Å². The summed E-state index contributed by atoms with van der Waals surface area (Å²) in [6.45, 7) is 4.33. The number of amides is 1. The Morgan fingerprint density at radius 1 is 1.11 bits per heavy atom. The van der Waals surface area contributed by atoms with E-state index < -0.39 is 21.9 Å². The first-order chi connectivity index (χ1) is 17.8. The Morgan fingerprint density at radius 3 is 2.54 bits per heavy atom. The molecule has 9 nitrogen and oxygen atoms in total. The van der Waals surface area contributed by atoms with E-state index in [2.05, 4.69) is 4.99 Å². The second-order valence-electron chi connectivity index (χ2n) is 8.70. The number of sulfonamides is 1. The standard InChI is InChI=1S/C26H31N3O6S2/c1-4-19-9-6-7-16-29(19)37(32,33)20-14-12-18(13-15-20)25(31)27-26-28(17-23(30)35-5-2)24-21(34-3)10-8-11-22(24)36-26/h8,10-15,19H,4-7,9,16-17H2,1-3H3. The Labute approximate surface area is 220 Å². The first-order valence-corrected chi connectivity index (χ1v) is 14.6. The Morgan fingerprint density at radius 2 is 1.86 bits per heavy atom. The van der Waals surface area contributed by atoms with Crippen LogP contribution in [0, 0.1) is 0 Å². The van der Waals surface area contributed by atoms with Crippen molar-refractivity contribution in [1.82, 2.24) is 8.87 Å². The number of methoxy groups -OCH3 is 1. The third-order valence-corrected chi connectivity index (χ3v) is 9.44. The number of rotatable bonds is 8. The molecule has 1 atom stereocenters. The summed E-state index contributed by atoms with van der Waals surface area (Å²) >= 11 is 1.25. The number of aromatic nitrogens is 1. The van der Waals surface area contributed by atoms with Gasteiger partial charge < -0.3 is 14.0 Å². The lowest BCUT2D eigenvalue weighted by Crippen LogP contribution is -2.43. The molecule has 0 bridgehead atoms. The summed E-state index contributed by atoms with van der Waals surface area (Å²) in [5, 5.41) is 0. The predicted octanol–water partition coefficient (Wildman–Crippen LogP) is 3.97. The molecule has 4 rings (SSSR count). The summed E-state index contributed by atoms with van der Waals surface area (Å²) in [5.41, 5.74) is 0.889. The lowest BCUT2D eigenvalue weighted by molar-refractivity contribution is -0.143. The zero-order valence-corrected chi connectivity index (χ0v) is 22.8. The second-order valence-corrected chi connectivity index (χ2v) is 11.6. The van der Waals surface area contributed by atoms with E-state index in [0.29, 0.717) is 22.6 Å². The van der Waals surface area contributed by atoms with E-state index in [1.165, 1.54) is 42.7 Å². The number of thiazole rings is 1. The number of hydrogen-bond donors (Lipinski definition) is 0. The number of para-hydroxylation sites is 1. The van der Waals surface area contributed by atoms with E-state index >= 15 is 0 Å². The lowest BCUT2D eigenvalue weighted by atomic mass is 10.0. The third kappa shape index (κ3) is 5.63. The number of nitrogens with zero attached hydrogens (tertiary/aromatic N) is 3. The van der Waals surface area contributed by atoms with Gasteiger partial charge in [-0.25, -0.2) is 8.42 Å². The Balaban J connectivity index is 1.68. The molecule has 3 aromatic rings. The van der Waals surface area contributed by atoms with Crippen molar-refractivity contribution in [2.45, 2.75) is 57.0 Å². The number of fused-ring (bicyclic) bond motifs is 1. The van der Waals surface area contributed by atoms with Gasteiger partial charge in [0.2, 0.25) is 10.0 Å². The van der Waals surface area contributed by atoms with Crippen molar-refractivity contribution >= 4 is 43.5 Å². The van der Waals surface area contributed by atoms with Crippen LogP contribution in [0.1, 0.15) is 49.9 Å². The molecule has 1 amide bonds. The molecular formula is C26H31N3O6S2. The van der Waals surface area contributed by atoms with Gasteiger partial charge in [0.05, 0.1) is 23.3 Å². The smallest absolute Gasteiger partial charge is 0.326 e. The highest BCUT2D eigenvalue weighted by Gasteiger charge is 2.32. The van der Waals surface area contributed by atoms with Crippen LogP contribution in [0.25, 0.3) is 10.2 Å².